The third kappa shape index (κ3) is 2.22. The predicted octanol–water partition coefficient (Wildman–Crippen LogP) is 3.39. The zero-order chi connectivity index (χ0) is 15.1. The standard InChI is InChI=1S/C13H11Cl3N2O2/c1-3-18-12(20)13(16,7(2)17-18)11(19)9-5-4-8(14)6-10(9)15/h4-6H,3H2,1-2H3. The van der Waals surface area contributed by atoms with Crippen LogP contribution in [0.15, 0.2) is 23.3 Å². The molecule has 1 aliphatic heterocycles. The molecule has 0 aromatic heterocycles. The van der Waals surface area contributed by atoms with E-state index in [1.165, 1.54) is 23.2 Å². The lowest BCUT2D eigenvalue weighted by atomic mass is 9.92. The number of halogens is 3. The van der Waals surface area contributed by atoms with Crippen molar-refractivity contribution in [2.75, 3.05) is 6.54 Å². The first kappa shape index (κ1) is 15.3. The van der Waals surface area contributed by atoms with Crippen molar-refractivity contribution in [2.45, 2.75) is 18.7 Å². The van der Waals surface area contributed by atoms with Gasteiger partial charge in [-0.2, -0.15) is 5.10 Å². The molecule has 0 saturated carbocycles. The number of benzene rings is 1. The topological polar surface area (TPSA) is 49.7 Å². The molecule has 1 amide bonds. The first-order chi connectivity index (χ1) is 9.32. The number of hydrogen-bond donors (Lipinski definition) is 0. The van der Waals surface area contributed by atoms with Gasteiger partial charge < -0.3 is 0 Å². The summed E-state index contributed by atoms with van der Waals surface area (Å²) in [5.41, 5.74) is 0.383. The largest absolute Gasteiger partial charge is 0.291 e. The van der Waals surface area contributed by atoms with Crippen molar-refractivity contribution in [3.63, 3.8) is 0 Å². The van der Waals surface area contributed by atoms with E-state index in [1.807, 2.05) is 0 Å². The zero-order valence-corrected chi connectivity index (χ0v) is 13.1. The molecule has 1 aliphatic rings. The van der Waals surface area contributed by atoms with E-state index in [0.717, 1.165) is 0 Å². The third-order valence-corrected chi connectivity index (χ3v) is 4.24. The molecule has 0 aliphatic carbocycles. The molecule has 0 bridgehead atoms. The first-order valence-corrected chi connectivity index (χ1v) is 7.02. The Morgan fingerprint density at radius 1 is 1.40 bits per heavy atom. The molecule has 0 spiro atoms. The number of carbonyl (C=O) groups excluding carboxylic acids is 2. The van der Waals surface area contributed by atoms with E-state index in [0.29, 0.717) is 11.6 Å². The fraction of sp³-hybridized carbons (Fsp3) is 0.308. The average molecular weight is 334 g/mol. The quantitative estimate of drug-likeness (QED) is 0.483. The highest BCUT2D eigenvalue weighted by molar-refractivity contribution is 6.61. The highest BCUT2D eigenvalue weighted by Crippen LogP contribution is 2.34. The van der Waals surface area contributed by atoms with Gasteiger partial charge in [-0.25, -0.2) is 5.01 Å². The minimum absolute atomic E-state index is 0.145. The molecule has 1 unspecified atom stereocenters. The van der Waals surface area contributed by atoms with Crippen LogP contribution in [0.2, 0.25) is 10.0 Å². The monoisotopic (exact) mass is 332 g/mol. The number of alkyl halides is 1. The second-order valence-corrected chi connectivity index (χ2v) is 5.73. The van der Waals surface area contributed by atoms with Gasteiger partial charge in [0.05, 0.1) is 10.7 Å². The molecule has 4 nitrogen and oxygen atoms in total. The van der Waals surface area contributed by atoms with Crippen molar-refractivity contribution in [1.29, 1.82) is 0 Å². The van der Waals surface area contributed by atoms with Crippen LogP contribution in [0.1, 0.15) is 24.2 Å². The van der Waals surface area contributed by atoms with Crippen LogP contribution in [-0.4, -0.2) is 33.8 Å². The highest BCUT2D eigenvalue weighted by Gasteiger charge is 2.54. The van der Waals surface area contributed by atoms with Gasteiger partial charge in [-0.1, -0.05) is 34.8 Å². The predicted molar refractivity (Wildman–Crippen MR) is 79.9 cm³/mol. The second kappa shape index (κ2) is 5.35. The molecular formula is C13H11Cl3N2O2. The molecule has 1 aromatic rings. The highest BCUT2D eigenvalue weighted by atomic mass is 35.5. The van der Waals surface area contributed by atoms with Gasteiger partial charge in [0, 0.05) is 17.1 Å². The summed E-state index contributed by atoms with van der Waals surface area (Å²) in [5.74, 6) is -1.15. The minimum atomic E-state index is -1.83. The summed E-state index contributed by atoms with van der Waals surface area (Å²) in [6, 6.07) is 4.40. The van der Waals surface area contributed by atoms with E-state index in [2.05, 4.69) is 5.10 Å². The van der Waals surface area contributed by atoms with Gasteiger partial charge in [-0.3, -0.25) is 9.59 Å². The van der Waals surface area contributed by atoms with Gasteiger partial charge in [-0.15, -0.1) is 0 Å². The van der Waals surface area contributed by atoms with Crippen molar-refractivity contribution in [1.82, 2.24) is 5.01 Å². The number of amides is 1. The van der Waals surface area contributed by atoms with Crippen LogP contribution in [0, 0.1) is 0 Å². The molecule has 7 heteroatoms. The lowest BCUT2D eigenvalue weighted by Crippen LogP contribution is -2.47. The van der Waals surface area contributed by atoms with Gasteiger partial charge in [0.15, 0.2) is 0 Å². The van der Waals surface area contributed by atoms with Crippen molar-refractivity contribution < 1.29 is 9.59 Å². The number of nitrogens with zero attached hydrogens (tertiary/aromatic N) is 2. The molecule has 0 N–H and O–H groups in total. The second-order valence-electron chi connectivity index (χ2n) is 4.32. The summed E-state index contributed by atoms with van der Waals surface area (Å²) in [6.07, 6.45) is 0. The maximum atomic E-state index is 12.6. The molecule has 106 valence electrons. The molecule has 1 atom stereocenters. The summed E-state index contributed by atoms with van der Waals surface area (Å²) in [7, 11) is 0. The fourth-order valence-corrected chi connectivity index (χ4v) is 2.69. The number of Topliss-reactive ketones (excluding diaryl/α,β-unsaturated/α-hetero) is 1. The third-order valence-electron chi connectivity index (χ3n) is 3.09. The van der Waals surface area contributed by atoms with E-state index in [9.17, 15) is 9.59 Å². The smallest absolute Gasteiger partial charge is 0.277 e. The zero-order valence-electron chi connectivity index (χ0n) is 10.8. The Hall–Kier alpha value is -1.10. The first-order valence-electron chi connectivity index (χ1n) is 5.88. The van der Waals surface area contributed by atoms with Crippen molar-refractivity contribution >= 4 is 52.2 Å². The minimum Gasteiger partial charge on any atom is -0.291 e. The summed E-state index contributed by atoms with van der Waals surface area (Å²) in [5, 5.41) is 5.73. The Morgan fingerprint density at radius 2 is 2.05 bits per heavy atom. The van der Waals surface area contributed by atoms with Crippen molar-refractivity contribution in [3.8, 4) is 0 Å². The summed E-state index contributed by atoms with van der Waals surface area (Å²) >= 11 is 18.1. The van der Waals surface area contributed by atoms with Crippen LogP contribution in [0.5, 0.6) is 0 Å². The summed E-state index contributed by atoms with van der Waals surface area (Å²) in [6.45, 7) is 3.63. The Bertz CT molecular complexity index is 630. The number of ketones is 1. The van der Waals surface area contributed by atoms with Crippen LogP contribution in [0.3, 0.4) is 0 Å². The van der Waals surface area contributed by atoms with Crippen LogP contribution < -0.4 is 0 Å². The number of hydrazone groups is 1. The summed E-state index contributed by atoms with van der Waals surface area (Å²) in [4.78, 5) is 23.0. The normalized spacial score (nSPS) is 22.1. The van der Waals surface area contributed by atoms with E-state index in [1.54, 1.807) is 13.8 Å². The lowest BCUT2D eigenvalue weighted by Gasteiger charge is -2.20. The molecule has 0 fully saturated rings. The molecule has 2 rings (SSSR count). The van der Waals surface area contributed by atoms with Crippen molar-refractivity contribution in [2.24, 2.45) is 5.10 Å². The molecule has 20 heavy (non-hydrogen) atoms. The Balaban J connectivity index is 2.48. The van der Waals surface area contributed by atoms with Gasteiger partial charge in [0.1, 0.15) is 0 Å². The van der Waals surface area contributed by atoms with Crippen LogP contribution in [-0.2, 0) is 4.79 Å². The molecular weight excluding hydrogens is 323 g/mol. The summed E-state index contributed by atoms with van der Waals surface area (Å²) < 4.78 is 0. The van der Waals surface area contributed by atoms with E-state index >= 15 is 0 Å². The van der Waals surface area contributed by atoms with Crippen LogP contribution >= 0.6 is 34.8 Å². The molecule has 0 radical (unpaired) electrons. The number of carbonyl (C=O) groups is 2. The number of hydrogen-bond acceptors (Lipinski definition) is 3. The maximum absolute atomic E-state index is 12.6. The van der Waals surface area contributed by atoms with Crippen molar-refractivity contribution in [3.05, 3.63) is 33.8 Å². The van der Waals surface area contributed by atoms with E-state index in [4.69, 9.17) is 34.8 Å². The van der Waals surface area contributed by atoms with Gasteiger partial charge in [0.25, 0.3) is 5.91 Å². The fourth-order valence-electron chi connectivity index (χ4n) is 1.96. The lowest BCUT2D eigenvalue weighted by molar-refractivity contribution is -0.129. The Morgan fingerprint density at radius 3 is 2.55 bits per heavy atom. The van der Waals surface area contributed by atoms with Gasteiger partial charge >= 0.3 is 0 Å². The average Bonchev–Trinajstić information content (AvgIpc) is 2.63. The molecule has 1 aromatic carbocycles. The maximum Gasteiger partial charge on any atom is 0.277 e. The molecule has 0 saturated heterocycles. The van der Waals surface area contributed by atoms with Crippen LogP contribution in [0.4, 0.5) is 0 Å². The SMILES string of the molecule is CCN1N=C(C)C(Cl)(C(=O)c2ccc(Cl)cc2Cl)C1=O. The van der Waals surface area contributed by atoms with Gasteiger partial charge in [-0.05, 0) is 32.0 Å². The van der Waals surface area contributed by atoms with E-state index in [-0.39, 0.29) is 16.3 Å². The van der Waals surface area contributed by atoms with Gasteiger partial charge in [0.2, 0.25) is 10.7 Å². The number of rotatable bonds is 3. The van der Waals surface area contributed by atoms with E-state index < -0.39 is 16.6 Å². The van der Waals surface area contributed by atoms with Crippen LogP contribution in [0.25, 0.3) is 0 Å². The molecule has 1 heterocycles. The Labute approximate surface area is 131 Å². The Kier molecular flexibility index (Phi) is 4.09.